The Kier molecular flexibility index (Phi) is 5.38. The maximum absolute atomic E-state index is 12.8. The molecule has 2 aliphatic heterocycles. The summed E-state index contributed by atoms with van der Waals surface area (Å²) < 4.78 is 25.6. The molecule has 10 heteroatoms. The van der Waals surface area contributed by atoms with Crippen LogP contribution in [0.3, 0.4) is 0 Å². The van der Waals surface area contributed by atoms with Crippen molar-refractivity contribution in [1.82, 2.24) is 9.80 Å². The molecule has 0 unspecified atom stereocenters. The van der Waals surface area contributed by atoms with Crippen LogP contribution in [0.5, 0.6) is 0 Å². The Balaban J connectivity index is 1.77. The molecule has 0 bridgehead atoms. The van der Waals surface area contributed by atoms with Crippen LogP contribution in [0.4, 0.5) is 0 Å². The van der Waals surface area contributed by atoms with Gasteiger partial charge in [0, 0.05) is 50.4 Å². The molecule has 2 amide bonds. The number of likely N-dealkylation sites (tertiary alicyclic amines) is 1. The van der Waals surface area contributed by atoms with Gasteiger partial charge in [-0.3, -0.25) is 9.59 Å². The smallest absolute Gasteiger partial charge is 0.239 e. The molecule has 3 rings (SSSR count). The highest BCUT2D eigenvalue weighted by Crippen LogP contribution is 2.40. The van der Waals surface area contributed by atoms with Gasteiger partial charge in [-0.1, -0.05) is 35.4 Å². The van der Waals surface area contributed by atoms with Crippen molar-refractivity contribution < 1.29 is 18.0 Å². The monoisotopic (exact) mass is 391 g/mol. The Labute approximate surface area is 157 Å². The van der Waals surface area contributed by atoms with E-state index in [1.165, 1.54) is 4.90 Å². The zero-order valence-corrected chi connectivity index (χ0v) is 15.6. The summed E-state index contributed by atoms with van der Waals surface area (Å²) in [5.41, 5.74) is 9.16. The summed E-state index contributed by atoms with van der Waals surface area (Å²) >= 11 is 0. The molecule has 144 valence electrons. The number of nitrogens with zero attached hydrogens (tertiary/aromatic N) is 5. The van der Waals surface area contributed by atoms with Crippen LogP contribution in [-0.2, 0) is 26.0 Å². The van der Waals surface area contributed by atoms with Gasteiger partial charge < -0.3 is 9.80 Å². The van der Waals surface area contributed by atoms with Crippen LogP contribution >= 0.6 is 0 Å². The summed E-state index contributed by atoms with van der Waals surface area (Å²) in [5, 5.41) is 3.35. The zero-order valence-electron chi connectivity index (χ0n) is 14.8. The molecule has 1 spiro atoms. The lowest BCUT2D eigenvalue weighted by atomic mass is 10.0. The average molecular weight is 391 g/mol. The molecule has 0 N–H and O–H groups in total. The number of benzene rings is 1. The Morgan fingerprint density at radius 1 is 1.22 bits per heavy atom. The molecule has 0 saturated carbocycles. The molecular formula is C17H21N5O4S. The summed E-state index contributed by atoms with van der Waals surface area (Å²) in [5.74, 6) is -1.04. The van der Waals surface area contributed by atoms with E-state index in [1.807, 2.05) is 30.3 Å². The van der Waals surface area contributed by atoms with Crippen molar-refractivity contribution in [2.45, 2.75) is 30.7 Å². The first kappa shape index (κ1) is 19.2. The van der Waals surface area contributed by atoms with Gasteiger partial charge in [0.15, 0.2) is 9.84 Å². The molecule has 2 saturated heterocycles. The van der Waals surface area contributed by atoms with Crippen molar-refractivity contribution in [3.05, 3.63) is 46.3 Å². The second kappa shape index (κ2) is 7.58. The van der Waals surface area contributed by atoms with Crippen LogP contribution in [0.2, 0.25) is 0 Å². The number of sulfone groups is 1. The second-order valence-electron chi connectivity index (χ2n) is 6.76. The molecule has 0 atom stereocenters. The predicted octanol–water partition coefficient (Wildman–Crippen LogP) is 1.46. The predicted molar refractivity (Wildman–Crippen MR) is 98.0 cm³/mol. The SMILES string of the molecule is [N-]=[N+]=NCCC(=O)N1CCC2(CC1)N(Cc1ccccc1)C(=O)CS2(=O)=O. The lowest BCUT2D eigenvalue weighted by Crippen LogP contribution is -2.56. The fourth-order valence-electron chi connectivity index (χ4n) is 3.80. The highest BCUT2D eigenvalue weighted by molar-refractivity contribution is 7.93. The first-order chi connectivity index (χ1) is 12.9. The quantitative estimate of drug-likeness (QED) is 0.428. The molecule has 2 fully saturated rings. The van der Waals surface area contributed by atoms with Crippen LogP contribution in [-0.4, -0.2) is 60.3 Å². The summed E-state index contributed by atoms with van der Waals surface area (Å²) in [6.07, 6.45) is 0.485. The second-order valence-corrected chi connectivity index (χ2v) is 9.03. The number of hydrogen-bond acceptors (Lipinski definition) is 5. The Morgan fingerprint density at radius 2 is 1.89 bits per heavy atom. The van der Waals surface area contributed by atoms with Crippen molar-refractivity contribution >= 4 is 21.7 Å². The van der Waals surface area contributed by atoms with Crippen LogP contribution < -0.4 is 0 Å². The Hall–Kier alpha value is -2.58. The van der Waals surface area contributed by atoms with Crippen molar-refractivity contribution in [3.8, 4) is 0 Å². The third kappa shape index (κ3) is 3.63. The maximum Gasteiger partial charge on any atom is 0.239 e. The van der Waals surface area contributed by atoms with E-state index in [9.17, 15) is 18.0 Å². The van der Waals surface area contributed by atoms with E-state index < -0.39 is 20.5 Å². The van der Waals surface area contributed by atoms with Gasteiger partial charge in [0.05, 0.1) is 0 Å². The zero-order chi connectivity index (χ0) is 19.5. The summed E-state index contributed by atoms with van der Waals surface area (Å²) in [7, 11) is -3.63. The van der Waals surface area contributed by atoms with Crippen molar-refractivity contribution in [3.63, 3.8) is 0 Å². The normalized spacial score (nSPS) is 20.5. The van der Waals surface area contributed by atoms with Gasteiger partial charge in [0.25, 0.3) is 0 Å². The number of carbonyl (C=O) groups excluding carboxylic acids is 2. The lowest BCUT2D eigenvalue weighted by Gasteiger charge is -2.43. The van der Waals surface area contributed by atoms with E-state index in [0.717, 1.165) is 5.56 Å². The molecule has 0 aliphatic carbocycles. The average Bonchev–Trinajstić information content (AvgIpc) is 2.83. The van der Waals surface area contributed by atoms with Crippen molar-refractivity contribution in [2.75, 3.05) is 25.4 Å². The fraction of sp³-hybridized carbons (Fsp3) is 0.529. The summed E-state index contributed by atoms with van der Waals surface area (Å²) in [6.45, 7) is 0.831. The molecule has 2 heterocycles. The van der Waals surface area contributed by atoms with Gasteiger partial charge in [-0.2, -0.15) is 0 Å². The summed E-state index contributed by atoms with van der Waals surface area (Å²) in [6, 6.07) is 9.28. The number of piperidine rings is 1. The minimum absolute atomic E-state index is 0.0773. The number of hydrogen-bond donors (Lipinski definition) is 0. The van der Waals surface area contributed by atoms with E-state index >= 15 is 0 Å². The molecule has 1 aromatic rings. The van der Waals surface area contributed by atoms with E-state index in [4.69, 9.17) is 5.53 Å². The fourth-order valence-corrected chi connectivity index (χ4v) is 5.86. The van der Waals surface area contributed by atoms with E-state index in [0.29, 0.717) is 0 Å². The molecule has 0 radical (unpaired) electrons. The van der Waals surface area contributed by atoms with Crippen LogP contribution in [0.25, 0.3) is 10.4 Å². The minimum Gasteiger partial charge on any atom is -0.342 e. The maximum atomic E-state index is 12.8. The highest BCUT2D eigenvalue weighted by atomic mass is 32.2. The standard InChI is InChI=1S/C17H21N5O4S/c18-20-19-9-6-15(23)21-10-7-17(8-11-21)22(16(24)13-27(17,25)26)12-14-4-2-1-3-5-14/h1-5H,6-13H2. The Bertz CT molecular complexity index is 872. The first-order valence-corrected chi connectivity index (χ1v) is 10.4. The molecule has 2 aliphatic rings. The van der Waals surface area contributed by atoms with E-state index in [2.05, 4.69) is 10.0 Å². The highest BCUT2D eigenvalue weighted by Gasteiger charge is 2.58. The summed E-state index contributed by atoms with van der Waals surface area (Å²) in [4.78, 5) is 29.1. The Morgan fingerprint density at radius 3 is 2.52 bits per heavy atom. The van der Waals surface area contributed by atoms with E-state index in [-0.39, 0.29) is 57.3 Å². The topological polar surface area (TPSA) is 124 Å². The lowest BCUT2D eigenvalue weighted by molar-refractivity contribution is -0.135. The van der Waals surface area contributed by atoms with Gasteiger partial charge in [-0.05, 0) is 11.1 Å². The minimum atomic E-state index is -3.63. The van der Waals surface area contributed by atoms with Crippen LogP contribution in [0, 0.1) is 0 Å². The first-order valence-electron chi connectivity index (χ1n) is 8.75. The van der Waals surface area contributed by atoms with Crippen molar-refractivity contribution in [1.29, 1.82) is 0 Å². The largest absolute Gasteiger partial charge is 0.342 e. The number of carbonyl (C=O) groups is 2. The molecule has 9 nitrogen and oxygen atoms in total. The van der Waals surface area contributed by atoms with Crippen LogP contribution in [0.15, 0.2) is 35.4 Å². The number of azide groups is 1. The van der Waals surface area contributed by atoms with Gasteiger partial charge in [-0.15, -0.1) is 0 Å². The molecular weight excluding hydrogens is 370 g/mol. The molecule has 0 aromatic heterocycles. The van der Waals surface area contributed by atoms with Crippen molar-refractivity contribution in [2.24, 2.45) is 5.11 Å². The van der Waals surface area contributed by atoms with Gasteiger partial charge in [-0.25, -0.2) is 8.42 Å². The molecule has 27 heavy (non-hydrogen) atoms. The van der Waals surface area contributed by atoms with Gasteiger partial charge >= 0.3 is 0 Å². The van der Waals surface area contributed by atoms with Gasteiger partial charge in [0.2, 0.25) is 11.8 Å². The third-order valence-electron chi connectivity index (χ3n) is 5.26. The third-order valence-corrected chi connectivity index (χ3v) is 7.67. The molecule has 1 aromatic carbocycles. The number of rotatable bonds is 5. The van der Waals surface area contributed by atoms with Gasteiger partial charge in [0.1, 0.15) is 10.6 Å². The number of amides is 2. The van der Waals surface area contributed by atoms with E-state index in [1.54, 1.807) is 4.90 Å². The van der Waals surface area contributed by atoms with Crippen LogP contribution in [0.1, 0.15) is 24.8 Å².